The Balaban J connectivity index is 2.27. The summed E-state index contributed by atoms with van der Waals surface area (Å²) in [7, 11) is -0.315. The predicted molar refractivity (Wildman–Crippen MR) is 128 cm³/mol. The van der Waals surface area contributed by atoms with Gasteiger partial charge in [0.15, 0.2) is 0 Å². The van der Waals surface area contributed by atoms with E-state index in [0.717, 1.165) is 23.5 Å². The van der Waals surface area contributed by atoms with E-state index in [2.05, 4.69) is 84.9 Å². The van der Waals surface area contributed by atoms with E-state index in [1.807, 2.05) is 0 Å². The standard InChI is InChI=1S/C25H35N2Si/c1-8-28(9-2)17-23-15-11-14-20(5)25(23)27-22(7)16-21(6)26-24-18(3)12-10-13-19(24)4/h10-15H,8-9,16-17H2,1-7H3. The molecule has 2 rings (SSSR count). The van der Waals surface area contributed by atoms with Crippen molar-refractivity contribution in [3.05, 3.63) is 58.7 Å². The summed E-state index contributed by atoms with van der Waals surface area (Å²) >= 11 is 0. The summed E-state index contributed by atoms with van der Waals surface area (Å²) in [4.78, 5) is 9.96. The number of rotatable bonds is 8. The van der Waals surface area contributed by atoms with Gasteiger partial charge < -0.3 is 0 Å². The van der Waals surface area contributed by atoms with Crippen molar-refractivity contribution in [3.63, 3.8) is 0 Å². The van der Waals surface area contributed by atoms with Gasteiger partial charge in [0.25, 0.3) is 0 Å². The Bertz CT molecular complexity index is 841. The normalized spacial score (nSPS) is 12.7. The first-order valence-corrected chi connectivity index (χ1v) is 12.5. The Morgan fingerprint density at radius 2 is 1.21 bits per heavy atom. The van der Waals surface area contributed by atoms with Crippen molar-refractivity contribution in [2.24, 2.45) is 9.98 Å². The van der Waals surface area contributed by atoms with E-state index < -0.39 is 0 Å². The average Bonchev–Trinajstić information content (AvgIpc) is 2.65. The minimum absolute atomic E-state index is 0.315. The van der Waals surface area contributed by atoms with Crippen molar-refractivity contribution in [2.45, 2.75) is 73.0 Å². The summed E-state index contributed by atoms with van der Waals surface area (Å²) < 4.78 is 0. The molecule has 0 N–H and O–H groups in total. The summed E-state index contributed by atoms with van der Waals surface area (Å²) in [5.74, 6) is 0. The summed E-state index contributed by atoms with van der Waals surface area (Å²) in [6.45, 7) is 15.3. The minimum Gasteiger partial charge on any atom is -0.257 e. The monoisotopic (exact) mass is 391 g/mol. The molecule has 0 aliphatic rings. The fourth-order valence-corrected chi connectivity index (χ4v) is 5.43. The number of hydrogen-bond donors (Lipinski definition) is 0. The topological polar surface area (TPSA) is 24.7 Å². The highest BCUT2D eigenvalue weighted by Crippen LogP contribution is 2.27. The van der Waals surface area contributed by atoms with Crippen molar-refractivity contribution in [1.29, 1.82) is 0 Å². The summed E-state index contributed by atoms with van der Waals surface area (Å²) in [5, 5.41) is 0. The number of aryl methyl sites for hydroxylation is 3. The van der Waals surface area contributed by atoms with Gasteiger partial charge in [0.05, 0.1) is 20.2 Å². The van der Waals surface area contributed by atoms with Crippen LogP contribution < -0.4 is 0 Å². The van der Waals surface area contributed by atoms with Gasteiger partial charge in [0.1, 0.15) is 0 Å². The maximum absolute atomic E-state index is 5.06. The first-order chi connectivity index (χ1) is 13.3. The van der Waals surface area contributed by atoms with Gasteiger partial charge in [-0.2, -0.15) is 0 Å². The van der Waals surface area contributed by atoms with Gasteiger partial charge in [-0.1, -0.05) is 62.3 Å². The molecular weight excluding hydrogens is 356 g/mol. The van der Waals surface area contributed by atoms with Gasteiger partial charge >= 0.3 is 0 Å². The van der Waals surface area contributed by atoms with Gasteiger partial charge in [0, 0.05) is 17.8 Å². The molecule has 0 saturated heterocycles. The molecule has 0 aliphatic carbocycles. The molecule has 0 bridgehead atoms. The second-order valence-corrected chi connectivity index (χ2v) is 11.1. The third-order valence-electron chi connectivity index (χ3n) is 5.32. The highest BCUT2D eigenvalue weighted by atomic mass is 28.3. The third kappa shape index (κ3) is 6.00. The molecule has 2 nitrogen and oxygen atoms in total. The smallest absolute Gasteiger partial charge is 0.0687 e. The lowest BCUT2D eigenvalue weighted by Gasteiger charge is -2.14. The molecule has 149 valence electrons. The van der Waals surface area contributed by atoms with E-state index >= 15 is 0 Å². The maximum Gasteiger partial charge on any atom is 0.0687 e. The number of nitrogens with zero attached hydrogens (tertiary/aromatic N) is 2. The first kappa shape index (κ1) is 22.3. The van der Waals surface area contributed by atoms with E-state index in [9.17, 15) is 0 Å². The van der Waals surface area contributed by atoms with Crippen LogP contribution in [0.1, 0.15) is 56.4 Å². The third-order valence-corrected chi connectivity index (χ3v) is 8.20. The Kier molecular flexibility index (Phi) is 8.37. The fourth-order valence-electron chi connectivity index (χ4n) is 3.60. The zero-order valence-corrected chi connectivity index (χ0v) is 19.7. The Hall–Kier alpha value is -2.00. The lowest BCUT2D eigenvalue weighted by Crippen LogP contribution is -2.14. The van der Waals surface area contributed by atoms with Crippen molar-refractivity contribution >= 4 is 31.6 Å². The molecule has 0 spiro atoms. The molecule has 0 unspecified atom stereocenters. The van der Waals surface area contributed by atoms with E-state index in [1.54, 1.807) is 0 Å². The highest BCUT2D eigenvalue weighted by molar-refractivity contribution is 6.58. The van der Waals surface area contributed by atoms with Gasteiger partial charge in [-0.15, -0.1) is 0 Å². The van der Waals surface area contributed by atoms with Crippen LogP contribution in [0.15, 0.2) is 46.4 Å². The van der Waals surface area contributed by atoms with E-state index in [-0.39, 0.29) is 8.80 Å². The molecule has 0 atom stereocenters. The molecule has 0 amide bonds. The van der Waals surface area contributed by atoms with E-state index in [0.29, 0.717) is 0 Å². The van der Waals surface area contributed by atoms with Crippen molar-refractivity contribution in [1.82, 2.24) is 0 Å². The van der Waals surface area contributed by atoms with Gasteiger partial charge in [-0.25, -0.2) is 0 Å². The molecule has 0 heterocycles. The largest absolute Gasteiger partial charge is 0.257 e. The molecular formula is C25H35N2Si. The summed E-state index contributed by atoms with van der Waals surface area (Å²) in [5.41, 5.74) is 9.67. The van der Waals surface area contributed by atoms with Crippen LogP contribution in [0.2, 0.25) is 12.1 Å². The van der Waals surface area contributed by atoms with Crippen LogP contribution in [0.5, 0.6) is 0 Å². The SMILES string of the molecule is CC[Si](CC)Cc1cccc(C)c1N=C(C)CC(C)=Nc1c(C)cccc1C. The molecule has 28 heavy (non-hydrogen) atoms. The maximum atomic E-state index is 5.06. The molecule has 0 aliphatic heterocycles. The second kappa shape index (κ2) is 10.5. The molecule has 0 saturated carbocycles. The predicted octanol–water partition coefficient (Wildman–Crippen LogP) is 7.50. The second-order valence-electron chi connectivity index (χ2n) is 7.83. The Labute approximate surface area is 173 Å². The van der Waals surface area contributed by atoms with E-state index in [1.165, 1.54) is 46.1 Å². The summed E-state index contributed by atoms with van der Waals surface area (Å²) in [6, 6.07) is 16.8. The van der Waals surface area contributed by atoms with Crippen LogP contribution in [0, 0.1) is 20.8 Å². The van der Waals surface area contributed by atoms with Crippen LogP contribution in [-0.4, -0.2) is 20.2 Å². The van der Waals surface area contributed by atoms with Crippen LogP contribution in [-0.2, 0) is 6.04 Å². The molecule has 1 radical (unpaired) electrons. The number of para-hydroxylation sites is 2. The zero-order valence-electron chi connectivity index (χ0n) is 18.7. The van der Waals surface area contributed by atoms with Crippen molar-refractivity contribution in [2.75, 3.05) is 0 Å². The number of benzene rings is 2. The lowest BCUT2D eigenvalue weighted by molar-refractivity contribution is 1.20. The minimum atomic E-state index is -0.315. The van der Waals surface area contributed by atoms with Gasteiger partial charge in [-0.05, 0) is 62.9 Å². The highest BCUT2D eigenvalue weighted by Gasteiger charge is 2.12. The van der Waals surface area contributed by atoms with Crippen LogP contribution in [0.3, 0.4) is 0 Å². The van der Waals surface area contributed by atoms with Gasteiger partial charge in [-0.3, -0.25) is 9.98 Å². The van der Waals surface area contributed by atoms with Crippen LogP contribution in [0.4, 0.5) is 11.4 Å². The number of aliphatic imine (C=N–C) groups is 2. The lowest BCUT2D eigenvalue weighted by atomic mass is 10.1. The molecule has 3 heteroatoms. The van der Waals surface area contributed by atoms with Crippen LogP contribution >= 0.6 is 0 Å². The van der Waals surface area contributed by atoms with Crippen molar-refractivity contribution < 1.29 is 0 Å². The van der Waals surface area contributed by atoms with Crippen LogP contribution in [0.25, 0.3) is 0 Å². The van der Waals surface area contributed by atoms with Crippen molar-refractivity contribution in [3.8, 4) is 0 Å². The Morgan fingerprint density at radius 1 is 0.750 bits per heavy atom. The first-order valence-electron chi connectivity index (χ1n) is 10.4. The van der Waals surface area contributed by atoms with Gasteiger partial charge in [0.2, 0.25) is 0 Å². The van der Waals surface area contributed by atoms with E-state index in [4.69, 9.17) is 9.98 Å². The molecule has 2 aromatic carbocycles. The Morgan fingerprint density at radius 3 is 1.75 bits per heavy atom. The zero-order chi connectivity index (χ0) is 20.7. The number of hydrogen-bond acceptors (Lipinski definition) is 2. The fraction of sp³-hybridized carbons (Fsp3) is 0.440. The summed E-state index contributed by atoms with van der Waals surface area (Å²) in [6.07, 6.45) is 0.806. The molecule has 0 fully saturated rings. The quantitative estimate of drug-likeness (QED) is 0.329. The average molecular weight is 392 g/mol. The molecule has 0 aromatic heterocycles. The molecule has 2 aromatic rings.